The van der Waals surface area contributed by atoms with Gasteiger partial charge in [0, 0.05) is 51.1 Å². The number of halogens is 3. The van der Waals surface area contributed by atoms with Gasteiger partial charge in [-0.15, -0.1) is 0 Å². The first-order valence-electron chi connectivity index (χ1n) is 12.8. The third-order valence-electron chi connectivity index (χ3n) is 6.88. The number of ketones is 1. The molecule has 4 aromatic carbocycles. The van der Waals surface area contributed by atoms with Crippen LogP contribution < -0.4 is 44.1 Å². The van der Waals surface area contributed by atoms with Crippen LogP contribution in [0.15, 0.2) is 78.9 Å². The Hall–Kier alpha value is -2.51. The average molecular weight is 618 g/mol. The molecule has 5 nitrogen and oxygen atoms in total. The molecule has 41 heavy (non-hydrogen) atoms. The first-order valence-corrected chi connectivity index (χ1v) is 13.9. The molecule has 0 saturated heterocycles. The Kier molecular flexibility index (Phi) is 10.8. The number of benzene rings is 4. The summed E-state index contributed by atoms with van der Waals surface area (Å²) in [5.74, 6) is -0.700. The van der Waals surface area contributed by atoms with Gasteiger partial charge in [-0.05, 0) is 72.9 Å². The zero-order valence-electron chi connectivity index (χ0n) is 22.3. The van der Waals surface area contributed by atoms with Crippen LogP contribution in [0, 0.1) is 0 Å². The van der Waals surface area contributed by atoms with Crippen LogP contribution in [0.3, 0.4) is 0 Å². The van der Waals surface area contributed by atoms with Crippen LogP contribution in [-0.4, -0.2) is 18.4 Å². The van der Waals surface area contributed by atoms with Crippen molar-refractivity contribution in [1.82, 2.24) is 0 Å². The van der Waals surface area contributed by atoms with Crippen molar-refractivity contribution in [2.75, 3.05) is 6.61 Å². The predicted molar refractivity (Wildman–Crippen MR) is 155 cm³/mol. The number of carbonyl (C=O) groups is 2. The summed E-state index contributed by atoms with van der Waals surface area (Å²) in [5.41, 5.74) is 3.90. The van der Waals surface area contributed by atoms with Crippen LogP contribution in [0.1, 0.15) is 46.7 Å². The molecule has 0 bridgehead atoms. The van der Waals surface area contributed by atoms with Gasteiger partial charge in [-0.2, -0.15) is 0 Å². The van der Waals surface area contributed by atoms with Gasteiger partial charge in [0.2, 0.25) is 0 Å². The predicted octanol–water partition coefficient (Wildman–Crippen LogP) is 4.93. The molecule has 0 spiro atoms. The van der Waals surface area contributed by atoms with Crippen molar-refractivity contribution >= 4 is 46.6 Å². The number of aryl methyl sites for hydroxylation is 1. The van der Waals surface area contributed by atoms with E-state index in [9.17, 15) is 14.7 Å². The Morgan fingerprint density at radius 2 is 1.66 bits per heavy atom. The van der Waals surface area contributed by atoms with Gasteiger partial charge in [0.25, 0.3) is 0 Å². The first kappa shape index (κ1) is 31.4. The average Bonchev–Trinajstić information content (AvgIpc) is 2.94. The van der Waals surface area contributed by atoms with Gasteiger partial charge in [0.1, 0.15) is 17.2 Å². The summed E-state index contributed by atoms with van der Waals surface area (Å²) in [6.07, 6.45) is 2.02. The first-order chi connectivity index (χ1) is 19.3. The summed E-state index contributed by atoms with van der Waals surface area (Å²) in [4.78, 5) is 24.2. The van der Waals surface area contributed by atoms with Gasteiger partial charge in [0.15, 0.2) is 5.78 Å². The zero-order chi connectivity index (χ0) is 28.2. The second kappa shape index (κ2) is 14.1. The van der Waals surface area contributed by atoms with E-state index in [1.807, 2.05) is 42.5 Å². The molecule has 0 N–H and O–H groups in total. The molecule has 0 saturated carbocycles. The van der Waals surface area contributed by atoms with Crippen LogP contribution in [0.2, 0.25) is 15.1 Å². The van der Waals surface area contributed by atoms with E-state index in [1.165, 1.54) is 0 Å². The Balaban J connectivity index is 0.00000387. The van der Waals surface area contributed by atoms with Gasteiger partial charge < -0.3 is 19.4 Å². The van der Waals surface area contributed by atoms with Crippen molar-refractivity contribution in [2.45, 2.75) is 31.6 Å². The molecular formula is C32H24Cl3NaO5. The number of Topliss-reactive ketones (excluding diaryl/α,β-unsaturated/α-hetero) is 1. The van der Waals surface area contributed by atoms with Crippen molar-refractivity contribution in [3.63, 3.8) is 0 Å². The van der Waals surface area contributed by atoms with Crippen LogP contribution in [0.4, 0.5) is 0 Å². The summed E-state index contributed by atoms with van der Waals surface area (Å²) in [6, 6.07) is 23.4. The van der Waals surface area contributed by atoms with Crippen LogP contribution in [0.5, 0.6) is 17.2 Å². The fourth-order valence-electron chi connectivity index (χ4n) is 4.75. The van der Waals surface area contributed by atoms with Crippen molar-refractivity contribution < 1.29 is 53.7 Å². The maximum Gasteiger partial charge on any atom is 1.00 e. The molecule has 1 aliphatic heterocycles. The number of hydrogen-bond acceptors (Lipinski definition) is 5. The number of carboxylic acid groups (broad SMARTS) is 1. The zero-order valence-corrected chi connectivity index (χ0v) is 26.6. The number of carbonyl (C=O) groups excluding carboxylic acids is 2. The minimum absolute atomic E-state index is 0. The second-order valence-electron chi connectivity index (χ2n) is 9.52. The Morgan fingerprint density at radius 1 is 0.902 bits per heavy atom. The van der Waals surface area contributed by atoms with Crippen molar-refractivity contribution in [3.8, 4) is 28.4 Å². The topological polar surface area (TPSA) is 75.7 Å². The summed E-state index contributed by atoms with van der Waals surface area (Å²) >= 11 is 19.2. The van der Waals surface area contributed by atoms with Crippen LogP contribution >= 0.6 is 34.8 Å². The molecule has 0 radical (unpaired) electrons. The molecule has 0 aliphatic carbocycles. The van der Waals surface area contributed by atoms with E-state index in [1.54, 1.807) is 36.4 Å². The van der Waals surface area contributed by atoms with Gasteiger partial charge in [0.05, 0.1) is 11.6 Å². The van der Waals surface area contributed by atoms with Gasteiger partial charge in [-0.25, -0.2) is 0 Å². The molecule has 1 heterocycles. The molecule has 1 atom stereocenters. The number of ether oxygens (including phenoxy) is 2. The SMILES string of the molecule is O=C(CCCc1ccc(-c2ccccc2Cl)cc1Cl)c1ccc(Oc2cc3c(cc2Cl)C(C(=O)[O-])CCO3)cc1.[Na+]. The summed E-state index contributed by atoms with van der Waals surface area (Å²) in [6.45, 7) is 0.267. The fourth-order valence-corrected chi connectivity index (χ4v) is 5.48. The van der Waals surface area contributed by atoms with Crippen LogP contribution in [-0.2, 0) is 11.2 Å². The molecule has 5 rings (SSSR count). The maximum atomic E-state index is 12.8. The largest absolute Gasteiger partial charge is 1.00 e. The van der Waals surface area contributed by atoms with E-state index in [2.05, 4.69) is 0 Å². The van der Waals surface area contributed by atoms with Gasteiger partial charge in [-0.1, -0.05) is 65.1 Å². The van der Waals surface area contributed by atoms with Gasteiger partial charge in [-0.3, -0.25) is 4.79 Å². The normalized spacial score (nSPS) is 13.9. The number of carboxylic acids is 1. The fraction of sp³-hybridized carbons (Fsp3) is 0.188. The van der Waals surface area contributed by atoms with Crippen LogP contribution in [0.25, 0.3) is 11.1 Å². The molecule has 204 valence electrons. The van der Waals surface area contributed by atoms with E-state index in [-0.39, 0.29) is 47.0 Å². The van der Waals surface area contributed by atoms with Crippen molar-refractivity contribution in [2.24, 2.45) is 0 Å². The Bertz CT molecular complexity index is 1570. The minimum atomic E-state index is -1.16. The molecule has 9 heteroatoms. The quantitative estimate of drug-likeness (QED) is 0.197. The molecule has 0 amide bonds. The Morgan fingerprint density at radius 3 is 2.37 bits per heavy atom. The van der Waals surface area contributed by atoms with Crippen molar-refractivity contribution in [1.29, 1.82) is 0 Å². The number of fused-ring (bicyclic) bond motifs is 1. The van der Waals surface area contributed by atoms with Gasteiger partial charge >= 0.3 is 29.6 Å². The number of hydrogen-bond donors (Lipinski definition) is 0. The second-order valence-corrected chi connectivity index (χ2v) is 10.7. The smallest absolute Gasteiger partial charge is 0.549 e. The minimum Gasteiger partial charge on any atom is -0.549 e. The standard InChI is InChI=1S/C32H25Cl3O5.Na/c33-26-6-2-1-5-23(26)21-9-8-19(27(34)16-21)4-3-7-29(36)20-10-12-22(13-11-20)40-31-18-30-25(17-28(31)35)24(32(37)38)14-15-39-30;/h1-2,5-6,8-13,16-18,24H,3-4,7,14-15H2,(H,37,38);/q;+1/p-1. The van der Waals surface area contributed by atoms with Crippen molar-refractivity contribution in [3.05, 3.63) is 111 Å². The third kappa shape index (κ3) is 7.47. The third-order valence-corrected chi connectivity index (χ3v) is 7.86. The monoisotopic (exact) mass is 616 g/mol. The van der Waals surface area contributed by atoms with E-state index in [0.29, 0.717) is 64.1 Å². The summed E-state index contributed by atoms with van der Waals surface area (Å²) < 4.78 is 11.5. The Labute approximate surface area is 275 Å². The summed E-state index contributed by atoms with van der Waals surface area (Å²) in [5, 5.41) is 13.0. The van der Waals surface area contributed by atoms with E-state index in [0.717, 1.165) is 16.7 Å². The molecule has 1 unspecified atom stereocenters. The molecule has 0 fully saturated rings. The maximum absolute atomic E-state index is 12.8. The number of rotatable bonds is 9. The van der Waals surface area contributed by atoms with E-state index >= 15 is 0 Å². The van der Waals surface area contributed by atoms with E-state index in [4.69, 9.17) is 44.3 Å². The molecule has 4 aromatic rings. The summed E-state index contributed by atoms with van der Waals surface area (Å²) in [7, 11) is 0. The molecular weight excluding hydrogens is 594 g/mol. The van der Waals surface area contributed by atoms with E-state index < -0.39 is 11.9 Å². The molecule has 0 aromatic heterocycles. The number of aliphatic carboxylic acids is 1. The molecule has 1 aliphatic rings.